The van der Waals surface area contributed by atoms with Crippen molar-refractivity contribution >= 4 is 5.91 Å². The molecule has 2 aromatic heterocycles. The van der Waals surface area contributed by atoms with E-state index >= 15 is 0 Å². The second kappa shape index (κ2) is 8.40. The van der Waals surface area contributed by atoms with Crippen LogP contribution in [0, 0.1) is 5.82 Å². The van der Waals surface area contributed by atoms with Gasteiger partial charge in [0.1, 0.15) is 11.6 Å². The molecule has 0 bridgehead atoms. The summed E-state index contributed by atoms with van der Waals surface area (Å²) in [5.74, 6) is -0.398. The number of carbonyl (C=O) groups excluding carboxylic acids is 1. The fourth-order valence-corrected chi connectivity index (χ4v) is 3.08. The van der Waals surface area contributed by atoms with E-state index in [0.717, 1.165) is 22.4 Å². The third-order valence-electron chi connectivity index (χ3n) is 4.35. The number of carbonyl (C=O) groups is 1. The van der Waals surface area contributed by atoms with Crippen molar-refractivity contribution in [3.63, 3.8) is 0 Å². The predicted molar refractivity (Wildman–Crippen MR) is 101 cm³/mol. The van der Waals surface area contributed by atoms with Crippen LogP contribution in [0.3, 0.4) is 0 Å². The fourth-order valence-electron chi connectivity index (χ4n) is 3.08. The molecule has 0 saturated carbocycles. The Bertz CT molecular complexity index is 932. The maximum Gasteiger partial charge on any atom is 0.218 e. The average molecular weight is 365 g/mol. The average Bonchev–Trinajstić information content (AvgIpc) is 2.68. The van der Waals surface area contributed by atoms with Crippen LogP contribution in [-0.4, -0.2) is 23.0 Å². The van der Waals surface area contributed by atoms with Crippen molar-refractivity contribution in [1.29, 1.82) is 0 Å². The highest BCUT2D eigenvalue weighted by atomic mass is 19.1. The summed E-state index contributed by atoms with van der Waals surface area (Å²) in [7, 11) is 1.51. The van der Waals surface area contributed by atoms with Gasteiger partial charge in [-0.2, -0.15) is 0 Å². The van der Waals surface area contributed by atoms with Gasteiger partial charge in [0, 0.05) is 42.3 Å². The maximum atomic E-state index is 13.5. The molecule has 0 radical (unpaired) electrons. The van der Waals surface area contributed by atoms with Crippen molar-refractivity contribution in [2.24, 2.45) is 5.73 Å². The zero-order valence-electron chi connectivity index (χ0n) is 14.9. The summed E-state index contributed by atoms with van der Waals surface area (Å²) in [6.07, 6.45) is 5.85. The summed E-state index contributed by atoms with van der Waals surface area (Å²) in [5.41, 5.74) is 8.79. The molecule has 2 heterocycles. The summed E-state index contributed by atoms with van der Waals surface area (Å²) >= 11 is 0. The number of rotatable bonds is 7. The first-order chi connectivity index (χ1) is 13.1. The molecule has 0 saturated heterocycles. The van der Waals surface area contributed by atoms with Gasteiger partial charge in [0.05, 0.1) is 7.11 Å². The number of methoxy groups -OCH3 is 1. The van der Waals surface area contributed by atoms with E-state index in [1.54, 1.807) is 24.7 Å². The van der Waals surface area contributed by atoms with Gasteiger partial charge in [-0.15, -0.1) is 0 Å². The Labute approximate surface area is 157 Å². The van der Waals surface area contributed by atoms with Crippen molar-refractivity contribution in [3.05, 3.63) is 78.1 Å². The molecule has 1 amide bonds. The summed E-state index contributed by atoms with van der Waals surface area (Å²) in [4.78, 5) is 20.1. The van der Waals surface area contributed by atoms with E-state index in [1.165, 1.54) is 19.2 Å². The van der Waals surface area contributed by atoms with Gasteiger partial charge in [-0.3, -0.25) is 14.8 Å². The number of primary amides is 1. The summed E-state index contributed by atoms with van der Waals surface area (Å²) in [6, 6.07) is 11.9. The molecule has 138 valence electrons. The lowest BCUT2D eigenvalue weighted by Gasteiger charge is -2.16. The molecule has 0 aliphatic carbocycles. The minimum atomic E-state index is -0.375. The molecule has 0 aliphatic heterocycles. The monoisotopic (exact) mass is 365 g/mol. The van der Waals surface area contributed by atoms with E-state index in [2.05, 4.69) is 9.97 Å². The topological polar surface area (TPSA) is 78.1 Å². The Balaban J connectivity index is 1.91. The quantitative estimate of drug-likeness (QED) is 0.695. The lowest BCUT2D eigenvalue weighted by atomic mass is 9.91. The van der Waals surface area contributed by atoms with Gasteiger partial charge in [0.15, 0.2) is 0 Å². The van der Waals surface area contributed by atoms with Gasteiger partial charge in [-0.1, -0.05) is 6.07 Å². The molecule has 3 aromatic rings. The van der Waals surface area contributed by atoms with Crippen molar-refractivity contribution in [2.75, 3.05) is 7.11 Å². The maximum absolute atomic E-state index is 13.5. The molecule has 0 spiro atoms. The molecule has 27 heavy (non-hydrogen) atoms. The normalized spacial score (nSPS) is 11.8. The van der Waals surface area contributed by atoms with Gasteiger partial charge < -0.3 is 10.5 Å². The summed E-state index contributed by atoms with van der Waals surface area (Å²) < 4.78 is 18.8. The standard InChI is InChI=1S/C21H20FN3O2/c1-27-20-12-17(22)4-5-19(20)14-6-8-25-18(9-14)10-16(11-21(23)26)15-3-2-7-24-13-15/h2-9,12-13,16H,10-11H2,1H3,(H2,23,26). The molecule has 1 atom stereocenters. The first-order valence-corrected chi connectivity index (χ1v) is 8.54. The number of hydrogen-bond donors (Lipinski definition) is 1. The number of benzene rings is 1. The van der Waals surface area contributed by atoms with Crippen LogP contribution in [0.25, 0.3) is 11.1 Å². The largest absolute Gasteiger partial charge is 0.496 e. The fraction of sp³-hybridized carbons (Fsp3) is 0.190. The van der Waals surface area contributed by atoms with E-state index in [9.17, 15) is 9.18 Å². The number of ether oxygens (including phenoxy) is 1. The third-order valence-corrected chi connectivity index (χ3v) is 4.35. The molecular weight excluding hydrogens is 345 g/mol. The Morgan fingerprint density at radius 1 is 1.22 bits per heavy atom. The van der Waals surface area contributed by atoms with Crippen LogP contribution in [0.4, 0.5) is 4.39 Å². The molecule has 0 fully saturated rings. The Morgan fingerprint density at radius 2 is 2.07 bits per heavy atom. The van der Waals surface area contributed by atoms with Crippen molar-refractivity contribution < 1.29 is 13.9 Å². The highest BCUT2D eigenvalue weighted by molar-refractivity contribution is 5.75. The third kappa shape index (κ3) is 4.67. The zero-order valence-corrected chi connectivity index (χ0v) is 14.9. The van der Waals surface area contributed by atoms with Crippen LogP contribution in [0.15, 0.2) is 61.1 Å². The van der Waals surface area contributed by atoms with E-state index in [1.807, 2.05) is 24.3 Å². The highest BCUT2D eigenvalue weighted by Gasteiger charge is 2.17. The Hall–Kier alpha value is -3.28. The van der Waals surface area contributed by atoms with Crippen LogP contribution >= 0.6 is 0 Å². The number of nitrogens with zero attached hydrogens (tertiary/aromatic N) is 2. The van der Waals surface area contributed by atoms with Gasteiger partial charge in [-0.25, -0.2) is 4.39 Å². The smallest absolute Gasteiger partial charge is 0.218 e. The van der Waals surface area contributed by atoms with E-state index in [-0.39, 0.29) is 24.1 Å². The predicted octanol–water partition coefficient (Wildman–Crippen LogP) is 3.49. The number of amides is 1. The second-order valence-electron chi connectivity index (χ2n) is 6.24. The highest BCUT2D eigenvalue weighted by Crippen LogP contribution is 2.31. The van der Waals surface area contributed by atoms with Gasteiger partial charge in [0.2, 0.25) is 5.91 Å². The molecule has 1 aromatic carbocycles. The Morgan fingerprint density at radius 3 is 2.78 bits per heavy atom. The van der Waals surface area contributed by atoms with Crippen LogP contribution in [0.1, 0.15) is 23.6 Å². The molecule has 6 heteroatoms. The molecule has 3 rings (SSSR count). The minimum absolute atomic E-state index is 0.117. The molecule has 2 N–H and O–H groups in total. The van der Waals surface area contributed by atoms with E-state index < -0.39 is 0 Å². The van der Waals surface area contributed by atoms with Gasteiger partial charge in [0.25, 0.3) is 0 Å². The number of pyridine rings is 2. The number of hydrogen-bond acceptors (Lipinski definition) is 4. The number of aromatic nitrogens is 2. The lowest BCUT2D eigenvalue weighted by Crippen LogP contribution is -2.17. The lowest BCUT2D eigenvalue weighted by molar-refractivity contribution is -0.118. The molecular formula is C21H20FN3O2. The molecule has 1 unspecified atom stereocenters. The molecule has 0 aliphatic rings. The minimum Gasteiger partial charge on any atom is -0.496 e. The Kier molecular flexibility index (Phi) is 5.76. The first-order valence-electron chi connectivity index (χ1n) is 8.54. The van der Waals surface area contributed by atoms with E-state index in [0.29, 0.717) is 12.2 Å². The summed E-state index contributed by atoms with van der Waals surface area (Å²) in [5, 5.41) is 0. The van der Waals surface area contributed by atoms with Crippen LogP contribution in [0.5, 0.6) is 5.75 Å². The van der Waals surface area contributed by atoms with Crippen LogP contribution in [-0.2, 0) is 11.2 Å². The molecule has 5 nitrogen and oxygen atoms in total. The SMILES string of the molecule is COc1cc(F)ccc1-c1ccnc(CC(CC(N)=O)c2cccnc2)c1. The van der Waals surface area contributed by atoms with Crippen molar-refractivity contribution in [3.8, 4) is 16.9 Å². The first kappa shape index (κ1) is 18.5. The summed E-state index contributed by atoms with van der Waals surface area (Å²) in [6.45, 7) is 0. The van der Waals surface area contributed by atoms with Crippen LogP contribution < -0.4 is 10.5 Å². The number of halogens is 1. The number of nitrogens with two attached hydrogens (primary N) is 1. The van der Waals surface area contributed by atoms with E-state index in [4.69, 9.17) is 10.5 Å². The van der Waals surface area contributed by atoms with Crippen molar-refractivity contribution in [2.45, 2.75) is 18.8 Å². The van der Waals surface area contributed by atoms with Gasteiger partial charge >= 0.3 is 0 Å². The second-order valence-corrected chi connectivity index (χ2v) is 6.24. The van der Waals surface area contributed by atoms with Gasteiger partial charge in [-0.05, 0) is 53.8 Å². The zero-order chi connectivity index (χ0) is 19.2. The van der Waals surface area contributed by atoms with Crippen LogP contribution in [0.2, 0.25) is 0 Å². The van der Waals surface area contributed by atoms with Crippen molar-refractivity contribution in [1.82, 2.24) is 9.97 Å².